The third-order valence-electron chi connectivity index (χ3n) is 10.3. The molecule has 1 aliphatic heterocycles. The molecule has 0 aromatic heterocycles. The topological polar surface area (TPSA) is 167 Å². The maximum absolute atomic E-state index is 13.6. The van der Waals surface area contributed by atoms with Crippen LogP contribution in [0.15, 0.2) is 12.2 Å². The molecule has 3 aliphatic carbocycles. The third kappa shape index (κ3) is 6.15. The summed E-state index contributed by atoms with van der Waals surface area (Å²) in [6.45, 7) is 14.8. The Bertz CT molecular complexity index is 1340. The van der Waals surface area contributed by atoms with Crippen LogP contribution in [0.3, 0.4) is 0 Å². The fraction of sp³-hybridized carbons (Fsp3) is 0.765. The Morgan fingerprint density at radius 3 is 2.00 bits per heavy atom. The van der Waals surface area contributed by atoms with Gasteiger partial charge in [-0.2, -0.15) is 0 Å². The Morgan fingerprint density at radius 2 is 1.47 bits per heavy atom. The third-order valence-corrected chi connectivity index (χ3v) is 10.3. The lowest BCUT2D eigenvalue weighted by atomic mass is 9.53. The van der Waals surface area contributed by atoms with Crippen molar-refractivity contribution in [2.45, 2.75) is 130 Å². The first-order chi connectivity index (χ1) is 21.8. The largest absolute Gasteiger partial charge is 0.462 e. The standard InChI is InChI=1S/C34H48O13/c1-11-12-25(40)45-29-26-27(43-19(4)36)17(2)15-34(26,47-22(7)39)30(44-20(5)37)32(10)28-23(31(8,9)46-21(6)38)13-14-24(42-18(3)35)33(28,29)16-41-32/h13-14,17,23-24,26-30H,11-12,15-16H2,1-10H3/t17-,23-,24+,26-,27-,28-,29+,30-,32+,33+,34+/m1/s1. The van der Waals surface area contributed by atoms with Crippen molar-refractivity contribution < 1.29 is 61.9 Å². The van der Waals surface area contributed by atoms with E-state index < -0.39 is 106 Å². The SMILES string of the molecule is CCCC(=O)O[C@H]1[C@H]2[C@H](OC(C)=O)[C@H](C)C[C@@]2(OC(C)=O)[C@H](OC(C)=O)[C@@]2(C)OC[C@@]13[C@@H](OC(C)=O)C=C[C@@H](C(C)(C)OC(C)=O)[C@H]23. The van der Waals surface area contributed by atoms with Crippen molar-refractivity contribution in [2.75, 3.05) is 6.61 Å². The van der Waals surface area contributed by atoms with Gasteiger partial charge in [0.15, 0.2) is 11.7 Å². The van der Waals surface area contributed by atoms with Crippen molar-refractivity contribution in [3.05, 3.63) is 12.2 Å². The second kappa shape index (κ2) is 12.9. The summed E-state index contributed by atoms with van der Waals surface area (Å²) in [4.78, 5) is 77.5. The quantitative estimate of drug-likeness (QED) is 0.200. The van der Waals surface area contributed by atoms with E-state index in [0.717, 1.165) is 0 Å². The molecule has 262 valence electrons. The Labute approximate surface area is 275 Å². The van der Waals surface area contributed by atoms with Gasteiger partial charge < -0.3 is 33.2 Å². The van der Waals surface area contributed by atoms with Crippen LogP contribution in [0.1, 0.15) is 88.5 Å². The van der Waals surface area contributed by atoms with Gasteiger partial charge in [0.25, 0.3) is 0 Å². The van der Waals surface area contributed by atoms with Crippen LogP contribution >= 0.6 is 0 Å². The number of fused-ring (bicyclic) bond motifs is 1. The predicted molar refractivity (Wildman–Crippen MR) is 162 cm³/mol. The van der Waals surface area contributed by atoms with E-state index in [-0.39, 0.29) is 19.4 Å². The van der Waals surface area contributed by atoms with E-state index in [0.29, 0.717) is 6.42 Å². The van der Waals surface area contributed by atoms with E-state index in [1.165, 1.54) is 34.6 Å². The summed E-state index contributed by atoms with van der Waals surface area (Å²) in [5.41, 5.74) is -5.93. The Morgan fingerprint density at radius 1 is 0.851 bits per heavy atom. The zero-order chi connectivity index (χ0) is 35.3. The van der Waals surface area contributed by atoms with Crippen molar-refractivity contribution in [3.8, 4) is 0 Å². The maximum Gasteiger partial charge on any atom is 0.306 e. The van der Waals surface area contributed by atoms with Crippen LogP contribution in [-0.4, -0.2) is 83.6 Å². The molecule has 3 fully saturated rings. The van der Waals surface area contributed by atoms with Crippen molar-refractivity contribution in [2.24, 2.45) is 29.1 Å². The van der Waals surface area contributed by atoms with Gasteiger partial charge in [0.2, 0.25) is 0 Å². The highest BCUT2D eigenvalue weighted by atomic mass is 16.6. The fourth-order valence-electron chi connectivity index (χ4n) is 9.21. The van der Waals surface area contributed by atoms with Gasteiger partial charge in [-0.05, 0) is 45.6 Å². The lowest BCUT2D eigenvalue weighted by molar-refractivity contribution is -0.247. The number of hydrogen-bond acceptors (Lipinski definition) is 13. The number of esters is 6. The lowest BCUT2D eigenvalue weighted by Crippen LogP contribution is -2.64. The number of carbonyl (C=O) groups excluding carboxylic acids is 6. The average Bonchev–Trinajstić information content (AvgIpc) is 3.35. The highest BCUT2D eigenvalue weighted by Crippen LogP contribution is 2.69. The Balaban J connectivity index is 2.18. The summed E-state index contributed by atoms with van der Waals surface area (Å²) in [6, 6.07) is 0. The molecule has 0 unspecified atom stereocenters. The molecular formula is C34H48O13. The van der Waals surface area contributed by atoms with E-state index in [2.05, 4.69) is 0 Å². The van der Waals surface area contributed by atoms with Crippen LogP contribution < -0.4 is 0 Å². The normalized spacial score (nSPS) is 38.6. The molecule has 11 atom stereocenters. The summed E-state index contributed by atoms with van der Waals surface area (Å²) in [5, 5.41) is 0. The van der Waals surface area contributed by atoms with E-state index in [1.807, 2.05) is 6.92 Å². The van der Waals surface area contributed by atoms with Gasteiger partial charge in [-0.25, -0.2) is 0 Å². The summed E-state index contributed by atoms with van der Waals surface area (Å²) in [6.07, 6.45) is -0.733. The number of hydrogen-bond donors (Lipinski definition) is 0. The van der Waals surface area contributed by atoms with E-state index in [9.17, 15) is 28.8 Å². The maximum atomic E-state index is 13.6. The van der Waals surface area contributed by atoms with Gasteiger partial charge >= 0.3 is 35.8 Å². The molecule has 4 rings (SSSR count). The summed E-state index contributed by atoms with van der Waals surface area (Å²) in [5.74, 6) is -6.94. The van der Waals surface area contributed by atoms with E-state index >= 15 is 0 Å². The van der Waals surface area contributed by atoms with Crippen LogP contribution in [0.2, 0.25) is 0 Å². The Kier molecular flexibility index (Phi) is 9.94. The molecule has 2 saturated carbocycles. The molecule has 47 heavy (non-hydrogen) atoms. The highest BCUT2D eigenvalue weighted by Gasteiger charge is 2.82. The average molecular weight is 665 g/mol. The van der Waals surface area contributed by atoms with Crippen LogP contribution in [0.25, 0.3) is 0 Å². The minimum absolute atomic E-state index is 0.0280. The first-order valence-electron chi connectivity index (χ1n) is 16.2. The molecular weight excluding hydrogens is 616 g/mol. The predicted octanol–water partition coefficient (Wildman–Crippen LogP) is 3.38. The zero-order valence-corrected chi connectivity index (χ0v) is 28.9. The van der Waals surface area contributed by atoms with Crippen LogP contribution in [-0.2, 0) is 61.9 Å². The van der Waals surface area contributed by atoms with Crippen molar-refractivity contribution in [3.63, 3.8) is 0 Å². The van der Waals surface area contributed by atoms with E-state index in [4.69, 9.17) is 33.2 Å². The van der Waals surface area contributed by atoms with Gasteiger partial charge in [0.05, 0.1) is 17.9 Å². The first-order valence-corrected chi connectivity index (χ1v) is 16.2. The smallest absolute Gasteiger partial charge is 0.306 e. The van der Waals surface area contributed by atoms with E-state index in [1.54, 1.807) is 39.8 Å². The highest BCUT2D eigenvalue weighted by molar-refractivity contribution is 5.71. The first kappa shape index (κ1) is 36.4. The van der Waals surface area contributed by atoms with Crippen LogP contribution in [0.5, 0.6) is 0 Å². The summed E-state index contributed by atoms with van der Waals surface area (Å²) >= 11 is 0. The minimum Gasteiger partial charge on any atom is -0.462 e. The monoisotopic (exact) mass is 664 g/mol. The molecule has 0 N–H and O–H groups in total. The van der Waals surface area contributed by atoms with Gasteiger partial charge in [0.1, 0.15) is 29.5 Å². The second-order valence-corrected chi connectivity index (χ2v) is 14.2. The van der Waals surface area contributed by atoms with Crippen molar-refractivity contribution in [1.82, 2.24) is 0 Å². The number of carbonyl (C=O) groups is 6. The van der Waals surface area contributed by atoms with Gasteiger partial charge in [0, 0.05) is 52.9 Å². The minimum atomic E-state index is -1.75. The van der Waals surface area contributed by atoms with Crippen LogP contribution in [0, 0.1) is 29.1 Å². The van der Waals surface area contributed by atoms with Crippen LogP contribution in [0.4, 0.5) is 0 Å². The molecule has 1 saturated heterocycles. The Hall–Kier alpha value is -3.48. The molecule has 0 aromatic rings. The summed E-state index contributed by atoms with van der Waals surface area (Å²) in [7, 11) is 0. The summed E-state index contributed by atoms with van der Waals surface area (Å²) < 4.78 is 43.5. The van der Waals surface area contributed by atoms with Crippen molar-refractivity contribution in [1.29, 1.82) is 0 Å². The van der Waals surface area contributed by atoms with Gasteiger partial charge in [-0.15, -0.1) is 0 Å². The molecule has 1 heterocycles. The van der Waals surface area contributed by atoms with Gasteiger partial charge in [-0.3, -0.25) is 28.8 Å². The molecule has 4 aliphatic rings. The molecule has 13 heteroatoms. The molecule has 2 bridgehead atoms. The fourth-order valence-corrected chi connectivity index (χ4v) is 9.21. The number of ether oxygens (including phenoxy) is 7. The van der Waals surface area contributed by atoms with Crippen molar-refractivity contribution >= 4 is 35.8 Å². The molecule has 0 amide bonds. The number of rotatable bonds is 9. The second-order valence-electron chi connectivity index (χ2n) is 14.2. The zero-order valence-electron chi connectivity index (χ0n) is 28.9. The molecule has 13 nitrogen and oxygen atoms in total. The van der Waals surface area contributed by atoms with Gasteiger partial charge in [-0.1, -0.05) is 19.9 Å². The molecule has 0 radical (unpaired) electrons. The molecule has 0 spiro atoms. The lowest BCUT2D eigenvalue weighted by Gasteiger charge is -2.53. The molecule has 0 aromatic carbocycles.